The number of aromatic amines is 1. The van der Waals surface area contributed by atoms with Crippen LogP contribution in [0.3, 0.4) is 0 Å². The first-order valence-corrected chi connectivity index (χ1v) is 8.39. The summed E-state index contributed by atoms with van der Waals surface area (Å²) < 4.78 is 27.5. The number of aromatic nitrogens is 4. The van der Waals surface area contributed by atoms with E-state index in [0.717, 1.165) is 4.90 Å². The zero-order valence-corrected chi connectivity index (χ0v) is 14.5. The van der Waals surface area contributed by atoms with Gasteiger partial charge in [0.1, 0.15) is 6.04 Å². The van der Waals surface area contributed by atoms with Crippen molar-refractivity contribution in [1.82, 2.24) is 24.8 Å². The number of imidazole rings is 1. The molecule has 0 spiro atoms. The van der Waals surface area contributed by atoms with Crippen LogP contribution >= 0.6 is 11.6 Å². The zero-order valence-electron chi connectivity index (χ0n) is 13.7. The first-order chi connectivity index (χ1) is 12.5. The van der Waals surface area contributed by atoms with E-state index in [-0.39, 0.29) is 12.4 Å². The van der Waals surface area contributed by atoms with Crippen LogP contribution in [0.1, 0.15) is 33.5 Å². The van der Waals surface area contributed by atoms with Crippen LogP contribution in [0.5, 0.6) is 0 Å². The van der Waals surface area contributed by atoms with E-state index in [0.29, 0.717) is 39.4 Å². The summed E-state index contributed by atoms with van der Waals surface area (Å²) in [6.45, 7) is 1.91. The van der Waals surface area contributed by atoms with Crippen molar-refractivity contribution in [3.05, 3.63) is 52.2 Å². The van der Waals surface area contributed by atoms with Crippen molar-refractivity contribution in [2.45, 2.75) is 25.8 Å². The molecule has 9 heteroatoms. The highest BCUT2D eigenvalue weighted by molar-refractivity contribution is 6.31. The summed E-state index contributed by atoms with van der Waals surface area (Å²) in [6, 6.07) is 1.83. The highest BCUT2D eigenvalue weighted by atomic mass is 35.5. The van der Waals surface area contributed by atoms with E-state index >= 15 is 0 Å². The Hall–Kier alpha value is -2.61. The van der Waals surface area contributed by atoms with E-state index in [1.54, 1.807) is 25.3 Å². The van der Waals surface area contributed by atoms with Gasteiger partial charge in [-0.15, -0.1) is 0 Å². The number of hydrogen-bond acceptors (Lipinski definition) is 4. The Balaban J connectivity index is 1.75. The maximum Gasteiger partial charge on any atom is 0.290 e. The molecular formula is C17H14ClF2N5O. The average molecular weight is 378 g/mol. The number of alkyl halides is 2. The smallest absolute Gasteiger partial charge is 0.290 e. The van der Waals surface area contributed by atoms with Gasteiger partial charge in [-0.25, -0.2) is 18.7 Å². The largest absolute Gasteiger partial charge is 0.332 e. The molecule has 4 rings (SSSR count). The van der Waals surface area contributed by atoms with Gasteiger partial charge in [0.15, 0.2) is 11.5 Å². The number of nitrogens with zero attached hydrogens (tertiary/aromatic N) is 4. The molecule has 0 aromatic carbocycles. The fraction of sp³-hybridized carbons (Fsp3) is 0.294. The van der Waals surface area contributed by atoms with Gasteiger partial charge in [-0.2, -0.15) is 0 Å². The molecular weight excluding hydrogens is 364 g/mol. The van der Waals surface area contributed by atoms with Crippen LogP contribution in [0, 0.1) is 6.92 Å². The second kappa shape index (κ2) is 6.28. The van der Waals surface area contributed by atoms with E-state index in [4.69, 9.17) is 11.6 Å². The van der Waals surface area contributed by atoms with Crippen molar-refractivity contribution < 1.29 is 13.6 Å². The summed E-state index contributed by atoms with van der Waals surface area (Å²) in [5.41, 5.74) is 2.50. The number of amides is 1. The van der Waals surface area contributed by atoms with E-state index in [1.807, 2.05) is 0 Å². The van der Waals surface area contributed by atoms with E-state index < -0.39 is 18.4 Å². The molecule has 3 aromatic rings. The number of aryl methyl sites for hydroxylation is 1. The average Bonchev–Trinajstić information content (AvgIpc) is 3.08. The minimum atomic E-state index is -2.74. The second-order valence-electron chi connectivity index (χ2n) is 6.08. The molecule has 3 aromatic heterocycles. The topological polar surface area (TPSA) is 74.8 Å². The molecule has 0 saturated heterocycles. The summed E-state index contributed by atoms with van der Waals surface area (Å²) in [7, 11) is 0. The maximum atomic E-state index is 13.8. The van der Waals surface area contributed by atoms with E-state index in [9.17, 15) is 13.6 Å². The molecule has 1 atom stereocenters. The molecule has 134 valence electrons. The lowest BCUT2D eigenvalue weighted by Crippen LogP contribution is -2.43. The summed E-state index contributed by atoms with van der Waals surface area (Å²) in [6.07, 6.45) is 0.685. The molecule has 0 aliphatic carbocycles. The Bertz CT molecular complexity index is 1010. The third-order valence-corrected chi connectivity index (χ3v) is 4.97. The van der Waals surface area contributed by atoms with Crippen LogP contribution in [-0.4, -0.2) is 43.7 Å². The van der Waals surface area contributed by atoms with Crippen LogP contribution in [-0.2, 0) is 6.42 Å². The molecule has 26 heavy (non-hydrogen) atoms. The van der Waals surface area contributed by atoms with Crippen LogP contribution in [0.4, 0.5) is 8.78 Å². The summed E-state index contributed by atoms with van der Waals surface area (Å²) in [5.74, 6) is -0.630. The number of fused-ring (bicyclic) bond motifs is 2. The quantitative estimate of drug-likeness (QED) is 0.743. The maximum absolute atomic E-state index is 13.8. The number of carbonyl (C=O) groups is 1. The summed E-state index contributed by atoms with van der Waals surface area (Å²) in [5, 5.41) is 0.434. The van der Waals surface area contributed by atoms with Crippen molar-refractivity contribution in [2.24, 2.45) is 0 Å². The lowest BCUT2D eigenvalue weighted by molar-refractivity contribution is 0.0154. The minimum absolute atomic E-state index is 0.0316. The Morgan fingerprint density at radius 2 is 2.23 bits per heavy atom. The summed E-state index contributed by atoms with van der Waals surface area (Å²) >= 11 is 6.03. The molecule has 4 heterocycles. The van der Waals surface area contributed by atoms with Gasteiger partial charge >= 0.3 is 0 Å². The van der Waals surface area contributed by atoms with Crippen molar-refractivity contribution in [3.63, 3.8) is 0 Å². The van der Waals surface area contributed by atoms with Gasteiger partial charge in [0.25, 0.3) is 12.3 Å². The first-order valence-electron chi connectivity index (χ1n) is 8.01. The van der Waals surface area contributed by atoms with Gasteiger partial charge < -0.3 is 9.88 Å². The van der Waals surface area contributed by atoms with Crippen molar-refractivity contribution in [2.75, 3.05) is 6.54 Å². The first kappa shape index (κ1) is 16.8. The SMILES string of the molecule is Cc1c(Cl)cnc2nc(C(=O)N3CCc4ncccc4C3C(F)F)[nH]c12. The minimum Gasteiger partial charge on any atom is -0.332 e. The molecule has 1 unspecified atom stereocenters. The molecule has 1 amide bonds. The number of H-pyrrole nitrogens is 1. The second-order valence-corrected chi connectivity index (χ2v) is 6.49. The normalized spacial score (nSPS) is 17.0. The molecule has 1 N–H and O–H groups in total. The Labute approximate surface area is 152 Å². The Kier molecular flexibility index (Phi) is 4.07. The lowest BCUT2D eigenvalue weighted by Gasteiger charge is -2.35. The van der Waals surface area contributed by atoms with Gasteiger partial charge in [-0.1, -0.05) is 17.7 Å². The number of hydrogen-bond donors (Lipinski definition) is 1. The molecule has 0 fully saturated rings. The number of pyridine rings is 2. The molecule has 1 aliphatic heterocycles. The van der Waals surface area contributed by atoms with Gasteiger partial charge in [-0.05, 0) is 18.6 Å². The third kappa shape index (κ3) is 2.61. The monoisotopic (exact) mass is 377 g/mol. The van der Waals surface area contributed by atoms with Crippen LogP contribution in [0.15, 0.2) is 24.5 Å². The number of rotatable bonds is 2. The fourth-order valence-corrected chi connectivity index (χ4v) is 3.40. The predicted octanol–water partition coefficient (Wildman–Crippen LogP) is 3.32. The van der Waals surface area contributed by atoms with Gasteiger partial charge in [0, 0.05) is 36.6 Å². The van der Waals surface area contributed by atoms with Crippen LogP contribution < -0.4 is 0 Å². The van der Waals surface area contributed by atoms with Crippen molar-refractivity contribution in [3.8, 4) is 0 Å². The standard InChI is InChI=1S/C17H14ClF2N5O/c1-8-10(18)7-22-15-12(8)23-16(24-15)17(26)25-6-4-11-9(3-2-5-21-11)13(25)14(19)20/h2-3,5,7,13-14H,4,6H2,1H3,(H,22,23,24). The Morgan fingerprint density at radius 3 is 3.00 bits per heavy atom. The van der Waals surface area contributed by atoms with E-state index in [2.05, 4.69) is 19.9 Å². The Morgan fingerprint density at radius 1 is 1.42 bits per heavy atom. The third-order valence-electron chi connectivity index (χ3n) is 4.59. The molecule has 6 nitrogen and oxygen atoms in total. The molecule has 1 aliphatic rings. The van der Waals surface area contributed by atoms with Crippen LogP contribution in [0.2, 0.25) is 5.02 Å². The molecule has 0 bridgehead atoms. The number of nitrogens with one attached hydrogen (secondary N) is 1. The summed E-state index contributed by atoms with van der Waals surface area (Å²) in [4.78, 5) is 29.3. The van der Waals surface area contributed by atoms with Crippen molar-refractivity contribution in [1.29, 1.82) is 0 Å². The highest BCUT2D eigenvalue weighted by Gasteiger charge is 2.38. The molecule has 0 saturated carbocycles. The highest BCUT2D eigenvalue weighted by Crippen LogP contribution is 2.34. The number of carbonyl (C=O) groups excluding carboxylic acids is 1. The number of halogens is 3. The van der Waals surface area contributed by atoms with Gasteiger partial charge in [0.05, 0.1) is 10.5 Å². The van der Waals surface area contributed by atoms with Gasteiger partial charge in [0.2, 0.25) is 0 Å². The van der Waals surface area contributed by atoms with E-state index in [1.165, 1.54) is 6.20 Å². The van der Waals surface area contributed by atoms with Gasteiger partial charge in [-0.3, -0.25) is 9.78 Å². The molecule has 0 radical (unpaired) electrons. The predicted molar refractivity (Wildman–Crippen MR) is 91.4 cm³/mol. The fourth-order valence-electron chi connectivity index (χ4n) is 3.25. The lowest BCUT2D eigenvalue weighted by atomic mass is 9.97. The van der Waals surface area contributed by atoms with Crippen molar-refractivity contribution >= 4 is 28.7 Å². The van der Waals surface area contributed by atoms with Crippen LogP contribution in [0.25, 0.3) is 11.2 Å². The zero-order chi connectivity index (χ0) is 18.4.